The SMILES string of the molecule is CCNC(=NCCc1ccco1)N1CCC(CN(CC)CC(F)(F)F)C1. The van der Waals surface area contributed by atoms with Crippen LogP contribution in [0.25, 0.3) is 0 Å². The van der Waals surface area contributed by atoms with Gasteiger partial charge in [-0.15, -0.1) is 0 Å². The molecule has 0 spiro atoms. The van der Waals surface area contributed by atoms with Crippen LogP contribution < -0.4 is 5.32 Å². The summed E-state index contributed by atoms with van der Waals surface area (Å²) in [4.78, 5) is 8.27. The Bertz CT molecular complexity index is 545. The van der Waals surface area contributed by atoms with E-state index in [9.17, 15) is 13.2 Å². The van der Waals surface area contributed by atoms with Crippen LogP contribution in [0.5, 0.6) is 0 Å². The van der Waals surface area contributed by atoms with Gasteiger partial charge >= 0.3 is 6.18 Å². The third-order valence-corrected chi connectivity index (χ3v) is 4.49. The van der Waals surface area contributed by atoms with E-state index < -0.39 is 12.7 Å². The second kappa shape index (κ2) is 9.85. The molecule has 1 atom stereocenters. The number of hydrogen-bond acceptors (Lipinski definition) is 3. The first-order valence-corrected chi connectivity index (χ1v) is 9.26. The van der Waals surface area contributed by atoms with E-state index in [-0.39, 0.29) is 5.92 Å². The zero-order chi connectivity index (χ0) is 19.0. The molecule has 0 amide bonds. The molecule has 0 saturated carbocycles. The Morgan fingerprint density at radius 3 is 2.85 bits per heavy atom. The fourth-order valence-electron chi connectivity index (χ4n) is 3.25. The summed E-state index contributed by atoms with van der Waals surface area (Å²) in [5, 5.41) is 3.28. The van der Waals surface area contributed by atoms with Crippen molar-refractivity contribution in [2.75, 3.05) is 45.8 Å². The van der Waals surface area contributed by atoms with Gasteiger partial charge in [-0.3, -0.25) is 9.89 Å². The topological polar surface area (TPSA) is 44.0 Å². The highest BCUT2D eigenvalue weighted by molar-refractivity contribution is 5.80. The number of nitrogens with zero attached hydrogens (tertiary/aromatic N) is 3. The zero-order valence-electron chi connectivity index (χ0n) is 15.6. The molecule has 0 radical (unpaired) electrons. The standard InChI is InChI=1S/C18H29F3N4O/c1-3-22-17(23-9-7-16-6-5-11-26-16)25-10-8-15(13-25)12-24(4-2)14-18(19,20)21/h5-6,11,15H,3-4,7-10,12-14H2,1-2H3,(H,22,23). The number of furan rings is 1. The van der Waals surface area contributed by atoms with Gasteiger partial charge in [0.15, 0.2) is 5.96 Å². The second-order valence-corrected chi connectivity index (χ2v) is 6.61. The summed E-state index contributed by atoms with van der Waals surface area (Å²) in [6.45, 7) is 6.77. The molecule has 148 valence electrons. The molecular weight excluding hydrogens is 345 g/mol. The van der Waals surface area contributed by atoms with E-state index in [0.717, 1.165) is 44.2 Å². The quantitative estimate of drug-likeness (QED) is 0.561. The van der Waals surface area contributed by atoms with Crippen LogP contribution in [0.4, 0.5) is 13.2 Å². The molecular formula is C18H29F3N4O. The molecule has 1 aliphatic rings. The van der Waals surface area contributed by atoms with Crippen molar-refractivity contribution in [3.8, 4) is 0 Å². The van der Waals surface area contributed by atoms with Gasteiger partial charge in [0, 0.05) is 39.1 Å². The average molecular weight is 374 g/mol. The minimum absolute atomic E-state index is 0.228. The number of likely N-dealkylation sites (tertiary alicyclic amines) is 1. The maximum atomic E-state index is 12.6. The molecule has 1 N–H and O–H groups in total. The van der Waals surface area contributed by atoms with Gasteiger partial charge in [0.25, 0.3) is 0 Å². The minimum atomic E-state index is -4.14. The van der Waals surface area contributed by atoms with E-state index in [2.05, 4.69) is 15.2 Å². The minimum Gasteiger partial charge on any atom is -0.469 e. The normalized spacial score (nSPS) is 18.8. The molecule has 8 heteroatoms. The molecule has 1 aliphatic heterocycles. The number of aliphatic imine (C=N–C) groups is 1. The van der Waals surface area contributed by atoms with Crippen LogP contribution >= 0.6 is 0 Å². The predicted octanol–water partition coefficient (Wildman–Crippen LogP) is 2.99. The smallest absolute Gasteiger partial charge is 0.401 e. The highest BCUT2D eigenvalue weighted by Gasteiger charge is 2.32. The first-order valence-electron chi connectivity index (χ1n) is 9.26. The summed E-state index contributed by atoms with van der Waals surface area (Å²) in [6, 6.07) is 3.78. The Labute approximate surface area is 153 Å². The van der Waals surface area contributed by atoms with Crippen molar-refractivity contribution in [1.82, 2.24) is 15.1 Å². The number of rotatable bonds is 8. The molecule has 0 aromatic carbocycles. The van der Waals surface area contributed by atoms with Crippen molar-refractivity contribution < 1.29 is 17.6 Å². The Morgan fingerprint density at radius 2 is 2.23 bits per heavy atom. The van der Waals surface area contributed by atoms with Gasteiger partial charge in [-0.2, -0.15) is 13.2 Å². The number of alkyl halides is 3. The molecule has 0 bridgehead atoms. The zero-order valence-corrected chi connectivity index (χ0v) is 15.6. The van der Waals surface area contributed by atoms with E-state index in [1.54, 1.807) is 13.2 Å². The summed E-state index contributed by atoms with van der Waals surface area (Å²) >= 11 is 0. The predicted molar refractivity (Wildman–Crippen MR) is 96.2 cm³/mol. The maximum Gasteiger partial charge on any atom is 0.401 e. The summed E-state index contributed by atoms with van der Waals surface area (Å²) < 4.78 is 43.2. The van der Waals surface area contributed by atoms with E-state index in [1.807, 2.05) is 19.1 Å². The van der Waals surface area contributed by atoms with Crippen molar-refractivity contribution in [2.24, 2.45) is 10.9 Å². The van der Waals surface area contributed by atoms with Gasteiger partial charge in [-0.1, -0.05) is 6.92 Å². The second-order valence-electron chi connectivity index (χ2n) is 6.61. The summed E-state index contributed by atoms with van der Waals surface area (Å²) in [5.41, 5.74) is 0. The van der Waals surface area contributed by atoms with Crippen molar-refractivity contribution in [3.63, 3.8) is 0 Å². The lowest BCUT2D eigenvalue weighted by atomic mass is 10.1. The first-order chi connectivity index (χ1) is 12.4. The van der Waals surface area contributed by atoms with Crippen molar-refractivity contribution >= 4 is 5.96 Å². The molecule has 1 unspecified atom stereocenters. The van der Waals surface area contributed by atoms with Crippen molar-refractivity contribution in [2.45, 2.75) is 32.9 Å². The van der Waals surface area contributed by atoms with Crippen LogP contribution in [0.1, 0.15) is 26.0 Å². The van der Waals surface area contributed by atoms with Gasteiger partial charge in [0.05, 0.1) is 12.8 Å². The lowest BCUT2D eigenvalue weighted by Crippen LogP contribution is -2.42. The Morgan fingerprint density at radius 1 is 1.42 bits per heavy atom. The Balaban J connectivity index is 1.86. The molecule has 2 rings (SSSR count). The highest BCUT2D eigenvalue weighted by atomic mass is 19.4. The average Bonchev–Trinajstić information content (AvgIpc) is 3.24. The molecule has 2 heterocycles. The largest absolute Gasteiger partial charge is 0.469 e. The van der Waals surface area contributed by atoms with Gasteiger partial charge in [0.1, 0.15) is 5.76 Å². The fourth-order valence-corrected chi connectivity index (χ4v) is 3.25. The third-order valence-electron chi connectivity index (χ3n) is 4.49. The van der Waals surface area contributed by atoms with Crippen LogP contribution in [0.15, 0.2) is 27.8 Å². The summed E-state index contributed by atoms with van der Waals surface area (Å²) in [7, 11) is 0. The van der Waals surface area contributed by atoms with Gasteiger partial charge in [-0.05, 0) is 37.9 Å². The van der Waals surface area contributed by atoms with Crippen LogP contribution in [0.2, 0.25) is 0 Å². The molecule has 1 aromatic rings. The number of halogens is 3. The van der Waals surface area contributed by atoms with Crippen LogP contribution in [0, 0.1) is 5.92 Å². The van der Waals surface area contributed by atoms with Gasteiger partial charge < -0.3 is 14.6 Å². The maximum absolute atomic E-state index is 12.6. The van der Waals surface area contributed by atoms with Gasteiger partial charge in [-0.25, -0.2) is 0 Å². The molecule has 1 saturated heterocycles. The Hall–Kier alpha value is -1.70. The van der Waals surface area contributed by atoms with Gasteiger partial charge in [0.2, 0.25) is 0 Å². The molecule has 0 aliphatic carbocycles. The van der Waals surface area contributed by atoms with Crippen LogP contribution in [0.3, 0.4) is 0 Å². The van der Waals surface area contributed by atoms with E-state index in [4.69, 9.17) is 4.42 Å². The first kappa shape index (κ1) is 20.6. The van der Waals surface area contributed by atoms with E-state index >= 15 is 0 Å². The molecule has 26 heavy (non-hydrogen) atoms. The monoisotopic (exact) mass is 374 g/mol. The number of hydrogen-bond donors (Lipinski definition) is 1. The highest BCUT2D eigenvalue weighted by Crippen LogP contribution is 2.21. The lowest BCUT2D eigenvalue weighted by molar-refractivity contribution is -0.146. The summed E-state index contributed by atoms with van der Waals surface area (Å²) in [6.07, 6.45) is -0.877. The third kappa shape index (κ3) is 6.90. The fraction of sp³-hybridized carbons (Fsp3) is 0.722. The van der Waals surface area contributed by atoms with Crippen LogP contribution in [-0.2, 0) is 6.42 Å². The van der Waals surface area contributed by atoms with Crippen LogP contribution in [-0.4, -0.2) is 67.7 Å². The summed E-state index contributed by atoms with van der Waals surface area (Å²) in [5.74, 6) is 1.96. The van der Waals surface area contributed by atoms with E-state index in [1.165, 1.54) is 4.90 Å². The number of nitrogens with one attached hydrogen (secondary N) is 1. The number of guanidine groups is 1. The van der Waals surface area contributed by atoms with E-state index in [0.29, 0.717) is 19.6 Å². The van der Waals surface area contributed by atoms with Crippen molar-refractivity contribution in [1.29, 1.82) is 0 Å². The van der Waals surface area contributed by atoms with Crippen molar-refractivity contribution in [3.05, 3.63) is 24.2 Å². The molecule has 1 fully saturated rings. The molecule has 1 aromatic heterocycles. The molecule has 5 nitrogen and oxygen atoms in total. The lowest BCUT2D eigenvalue weighted by Gasteiger charge is -2.26. The Kier molecular flexibility index (Phi) is 7.81.